The van der Waals surface area contributed by atoms with Gasteiger partial charge in [0.05, 0.1) is 12.4 Å². The molecule has 0 radical (unpaired) electrons. The first-order chi connectivity index (χ1) is 11.7. The maximum atomic E-state index is 12.6. The molecule has 2 aromatic rings. The summed E-state index contributed by atoms with van der Waals surface area (Å²) in [6, 6.07) is 8.41. The van der Waals surface area contributed by atoms with Crippen LogP contribution < -0.4 is 5.32 Å². The molecule has 4 rings (SSSR count). The Kier molecular flexibility index (Phi) is 3.88. The lowest BCUT2D eigenvalue weighted by Crippen LogP contribution is -2.43. The molecular formula is C19H23N3O2. The van der Waals surface area contributed by atoms with Gasteiger partial charge in [-0.1, -0.05) is 37.1 Å². The van der Waals surface area contributed by atoms with E-state index in [1.807, 2.05) is 6.07 Å². The summed E-state index contributed by atoms with van der Waals surface area (Å²) in [5.74, 6) is -0.294. The van der Waals surface area contributed by atoms with Crippen molar-refractivity contribution in [2.24, 2.45) is 5.41 Å². The molecule has 5 heteroatoms. The summed E-state index contributed by atoms with van der Waals surface area (Å²) in [5.41, 5.74) is 3.46. The maximum absolute atomic E-state index is 12.6. The van der Waals surface area contributed by atoms with Crippen molar-refractivity contribution < 1.29 is 9.90 Å². The molecule has 5 nitrogen and oxygen atoms in total. The average molecular weight is 325 g/mol. The fourth-order valence-electron chi connectivity index (χ4n) is 4.50. The highest BCUT2D eigenvalue weighted by atomic mass is 16.3. The van der Waals surface area contributed by atoms with E-state index in [1.54, 1.807) is 12.5 Å². The third-order valence-electron chi connectivity index (χ3n) is 5.68. The van der Waals surface area contributed by atoms with Crippen LogP contribution in [0.15, 0.2) is 36.8 Å². The molecule has 1 aromatic heterocycles. The number of hydrogen-bond acceptors (Lipinski definition) is 3. The number of hydrogen-bond donors (Lipinski definition) is 3. The molecule has 0 saturated heterocycles. The van der Waals surface area contributed by atoms with Gasteiger partial charge in [-0.2, -0.15) is 0 Å². The van der Waals surface area contributed by atoms with Crippen molar-refractivity contribution in [3.8, 4) is 0 Å². The molecule has 24 heavy (non-hydrogen) atoms. The zero-order chi connectivity index (χ0) is 16.6. The summed E-state index contributed by atoms with van der Waals surface area (Å²) in [5, 5.41) is 13.4. The van der Waals surface area contributed by atoms with Gasteiger partial charge in [-0.15, -0.1) is 0 Å². The van der Waals surface area contributed by atoms with Gasteiger partial charge < -0.3 is 15.4 Å². The average Bonchev–Trinajstić information content (AvgIpc) is 3.30. The number of aromatic nitrogens is 2. The first-order valence-electron chi connectivity index (χ1n) is 8.71. The van der Waals surface area contributed by atoms with Crippen molar-refractivity contribution in [2.75, 3.05) is 0 Å². The Morgan fingerprint density at radius 3 is 2.92 bits per heavy atom. The molecule has 3 N–H and O–H groups in total. The number of H-pyrrole nitrogens is 1. The van der Waals surface area contributed by atoms with Crippen molar-refractivity contribution in [1.82, 2.24) is 15.3 Å². The van der Waals surface area contributed by atoms with Gasteiger partial charge in [0.1, 0.15) is 6.10 Å². The normalized spacial score (nSPS) is 22.5. The van der Waals surface area contributed by atoms with Gasteiger partial charge in [0, 0.05) is 18.3 Å². The van der Waals surface area contributed by atoms with Crippen molar-refractivity contribution in [3.63, 3.8) is 0 Å². The smallest absolute Gasteiger partial charge is 0.249 e. The number of nitrogens with zero attached hydrogens (tertiary/aromatic N) is 1. The number of aromatic amines is 1. The third kappa shape index (κ3) is 2.63. The molecule has 1 amide bonds. The minimum atomic E-state index is -1.06. The number of benzene rings is 1. The van der Waals surface area contributed by atoms with Crippen molar-refractivity contribution in [2.45, 2.75) is 50.7 Å². The van der Waals surface area contributed by atoms with Crippen LogP contribution in [0.3, 0.4) is 0 Å². The van der Waals surface area contributed by atoms with Crippen LogP contribution in [-0.4, -0.2) is 27.1 Å². The summed E-state index contributed by atoms with van der Waals surface area (Å²) in [7, 11) is 0. The number of imidazole rings is 1. The predicted octanol–water partition coefficient (Wildman–Crippen LogP) is 2.29. The number of rotatable bonds is 4. The monoisotopic (exact) mass is 325 g/mol. The summed E-state index contributed by atoms with van der Waals surface area (Å²) < 4.78 is 0. The second kappa shape index (κ2) is 6.06. The number of amides is 1. The van der Waals surface area contributed by atoms with E-state index in [0.29, 0.717) is 0 Å². The van der Waals surface area contributed by atoms with Gasteiger partial charge in [0.15, 0.2) is 0 Å². The van der Waals surface area contributed by atoms with Crippen LogP contribution in [0, 0.1) is 5.41 Å². The molecule has 1 aromatic carbocycles. The standard InChI is InChI=1S/C19H23N3O2/c23-16(9-14-11-20-12-21-14)18(24)22-17-15-6-2-1-5-13(15)10-19(17)7-3-4-8-19/h1-2,5-6,11-12,16-17,23H,3-4,7-10H2,(H,20,21)(H,22,24)/t16-,17?/m1/s1. The fraction of sp³-hybridized carbons (Fsp3) is 0.474. The van der Waals surface area contributed by atoms with Crippen molar-refractivity contribution >= 4 is 5.91 Å². The minimum Gasteiger partial charge on any atom is -0.383 e. The zero-order valence-corrected chi connectivity index (χ0v) is 13.7. The molecular weight excluding hydrogens is 302 g/mol. The SMILES string of the molecule is O=C(NC1c2ccccc2CC12CCCC2)[C@H](O)Cc1cnc[nH]1. The van der Waals surface area contributed by atoms with E-state index in [2.05, 4.69) is 33.5 Å². The quantitative estimate of drug-likeness (QED) is 0.807. The van der Waals surface area contributed by atoms with E-state index in [-0.39, 0.29) is 23.8 Å². The van der Waals surface area contributed by atoms with Gasteiger partial charge in [0.25, 0.3) is 0 Å². The number of carbonyl (C=O) groups is 1. The van der Waals surface area contributed by atoms with Crippen LogP contribution in [0.25, 0.3) is 0 Å². The minimum absolute atomic E-state index is 0.0140. The Balaban J connectivity index is 1.54. The molecule has 0 bridgehead atoms. The van der Waals surface area contributed by atoms with Crippen LogP contribution >= 0.6 is 0 Å². The molecule has 2 atom stereocenters. The highest BCUT2D eigenvalue weighted by Gasteiger charge is 2.48. The summed E-state index contributed by atoms with van der Waals surface area (Å²) in [4.78, 5) is 19.4. The van der Waals surface area contributed by atoms with Gasteiger partial charge in [-0.25, -0.2) is 4.98 Å². The number of nitrogens with one attached hydrogen (secondary N) is 2. The van der Waals surface area contributed by atoms with Crippen LogP contribution in [0.1, 0.15) is 48.5 Å². The van der Waals surface area contributed by atoms with Crippen LogP contribution in [-0.2, 0) is 17.6 Å². The highest BCUT2D eigenvalue weighted by molar-refractivity contribution is 5.81. The van der Waals surface area contributed by atoms with E-state index in [4.69, 9.17) is 0 Å². The Hall–Kier alpha value is -2.14. The van der Waals surface area contributed by atoms with Crippen molar-refractivity contribution in [1.29, 1.82) is 0 Å². The lowest BCUT2D eigenvalue weighted by molar-refractivity contribution is -0.131. The molecule has 1 fully saturated rings. The van der Waals surface area contributed by atoms with E-state index >= 15 is 0 Å². The topological polar surface area (TPSA) is 78.0 Å². The van der Waals surface area contributed by atoms with Crippen LogP contribution in [0.5, 0.6) is 0 Å². The van der Waals surface area contributed by atoms with Gasteiger partial charge in [0.2, 0.25) is 5.91 Å². The van der Waals surface area contributed by atoms with Crippen molar-refractivity contribution in [3.05, 3.63) is 53.6 Å². The summed E-state index contributed by atoms with van der Waals surface area (Å²) in [6.07, 6.45) is 8.15. The van der Waals surface area contributed by atoms with Gasteiger partial charge in [-0.05, 0) is 35.8 Å². The summed E-state index contributed by atoms with van der Waals surface area (Å²) >= 11 is 0. The Morgan fingerprint density at radius 1 is 1.38 bits per heavy atom. The maximum Gasteiger partial charge on any atom is 0.249 e. The number of aliphatic hydroxyl groups is 1. The molecule has 1 unspecified atom stereocenters. The largest absolute Gasteiger partial charge is 0.383 e. The van der Waals surface area contributed by atoms with E-state index in [1.165, 1.54) is 24.0 Å². The number of fused-ring (bicyclic) bond motifs is 1. The lowest BCUT2D eigenvalue weighted by Gasteiger charge is -2.33. The highest BCUT2D eigenvalue weighted by Crippen LogP contribution is 2.55. The van der Waals surface area contributed by atoms with Crippen LogP contribution in [0.4, 0.5) is 0 Å². The Bertz CT molecular complexity index is 720. The van der Waals surface area contributed by atoms with E-state index in [9.17, 15) is 9.90 Å². The summed E-state index contributed by atoms with van der Waals surface area (Å²) in [6.45, 7) is 0. The molecule has 1 heterocycles. The first-order valence-corrected chi connectivity index (χ1v) is 8.71. The zero-order valence-electron chi connectivity index (χ0n) is 13.7. The molecule has 2 aliphatic rings. The molecule has 2 aliphatic carbocycles. The van der Waals surface area contributed by atoms with Gasteiger partial charge >= 0.3 is 0 Å². The predicted molar refractivity (Wildman–Crippen MR) is 90.2 cm³/mol. The fourth-order valence-corrected chi connectivity index (χ4v) is 4.50. The van der Waals surface area contributed by atoms with E-state index in [0.717, 1.165) is 25.0 Å². The first kappa shape index (κ1) is 15.4. The molecule has 0 aliphatic heterocycles. The number of aliphatic hydroxyl groups excluding tert-OH is 1. The second-order valence-corrected chi connectivity index (χ2v) is 7.18. The van der Waals surface area contributed by atoms with Gasteiger partial charge in [-0.3, -0.25) is 4.79 Å². The number of carbonyl (C=O) groups excluding carboxylic acids is 1. The Labute approximate surface area is 141 Å². The molecule has 1 spiro atoms. The third-order valence-corrected chi connectivity index (χ3v) is 5.68. The van der Waals surface area contributed by atoms with E-state index < -0.39 is 6.10 Å². The Morgan fingerprint density at radius 2 is 2.17 bits per heavy atom. The molecule has 126 valence electrons. The molecule has 1 saturated carbocycles. The lowest BCUT2D eigenvalue weighted by atomic mass is 9.79. The second-order valence-electron chi connectivity index (χ2n) is 7.18. The van der Waals surface area contributed by atoms with Crippen LogP contribution in [0.2, 0.25) is 0 Å².